The van der Waals surface area contributed by atoms with Crippen LogP contribution in [0.25, 0.3) is 0 Å². The van der Waals surface area contributed by atoms with Gasteiger partial charge in [-0.05, 0) is 0 Å². The zero-order valence-corrected chi connectivity index (χ0v) is 7.27. The summed E-state index contributed by atoms with van der Waals surface area (Å²) in [6, 6.07) is 0. The van der Waals surface area contributed by atoms with Crippen LogP contribution in [0.4, 0.5) is 4.79 Å². The standard InChI is InChI=1S/CH2O3.H2O4S.H2O3S/c2-1(3)4;1-5(2,3)4;1-4(2)3/h(H2,2,3,4);(H2,1,2,3,4);(H2,1,2,3). The Morgan fingerprint density at radius 3 is 1.08 bits per heavy atom. The Hall–Kier alpha value is -0.790. The molecule has 0 radical (unpaired) electrons. The molecule has 10 nitrogen and oxygen atoms in total. The van der Waals surface area contributed by atoms with Gasteiger partial charge in [0, 0.05) is 0 Å². The predicted molar refractivity (Wildman–Crippen MR) is 38.2 cm³/mol. The van der Waals surface area contributed by atoms with E-state index in [9.17, 15) is 0 Å². The van der Waals surface area contributed by atoms with Crippen LogP contribution in [-0.4, -0.2) is 47.2 Å². The molecule has 0 bridgehead atoms. The fraction of sp³-hybridized carbons (Fsp3) is 0. The highest BCUT2D eigenvalue weighted by molar-refractivity contribution is 7.79. The van der Waals surface area contributed by atoms with Crippen molar-refractivity contribution in [1.29, 1.82) is 0 Å². The van der Waals surface area contributed by atoms with Crippen molar-refractivity contribution in [2.75, 3.05) is 0 Å². The topological polar surface area (TPSA) is 190 Å². The highest BCUT2D eigenvalue weighted by Crippen LogP contribution is 1.59. The van der Waals surface area contributed by atoms with Gasteiger partial charge in [-0.3, -0.25) is 18.2 Å². The molecule has 0 saturated heterocycles. The van der Waals surface area contributed by atoms with Gasteiger partial charge in [0.15, 0.2) is 0 Å². The smallest absolute Gasteiger partial charge is 0.450 e. The molecule has 0 aliphatic heterocycles. The Morgan fingerprint density at radius 1 is 1.08 bits per heavy atom. The zero-order chi connectivity index (χ0) is 11.7. The Bertz CT molecular complexity index is 208. The third-order valence-electron chi connectivity index (χ3n) is 0. The van der Waals surface area contributed by atoms with Gasteiger partial charge in [-0.2, -0.15) is 12.6 Å². The van der Waals surface area contributed by atoms with Crippen LogP contribution in [0.3, 0.4) is 0 Å². The predicted octanol–water partition coefficient (Wildman–Crippen LogP) is -0.749. The van der Waals surface area contributed by atoms with Crippen LogP contribution in [0.5, 0.6) is 0 Å². The summed E-state index contributed by atoms with van der Waals surface area (Å²) in [5.41, 5.74) is 0. The second-order valence-electron chi connectivity index (χ2n) is 0.961. The Morgan fingerprint density at radius 2 is 1.08 bits per heavy atom. The van der Waals surface area contributed by atoms with E-state index < -0.39 is 27.9 Å². The highest BCUT2D eigenvalue weighted by Gasteiger charge is 1.84. The molecule has 12 heteroatoms. The fourth-order valence-electron chi connectivity index (χ4n) is 0. The Balaban J connectivity index is -0.000000117. The maximum absolute atomic E-state index is 8.74. The van der Waals surface area contributed by atoms with Gasteiger partial charge in [-0.15, -0.1) is 0 Å². The quantitative estimate of drug-likeness (QED) is 0.232. The van der Waals surface area contributed by atoms with Crippen LogP contribution >= 0.6 is 0 Å². The minimum Gasteiger partial charge on any atom is -0.450 e. The molecule has 0 unspecified atom stereocenters. The summed E-state index contributed by atoms with van der Waals surface area (Å²) in [7, 11) is -4.67. The molecule has 0 heterocycles. The van der Waals surface area contributed by atoms with Crippen LogP contribution in [0.15, 0.2) is 0 Å². The van der Waals surface area contributed by atoms with E-state index in [0.717, 1.165) is 0 Å². The molecule has 0 saturated carbocycles. The van der Waals surface area contributed by atoms with Crippen LogP contribution < -0.4 is 0 Å². The van der Waals surface area contributed by atoms with Crippen molar-refractivity contribution < 1.29 is 45.8 Å². The van der Waals surface area contributed by atoms with Gasteiger partial charge >= 0.3 is 16.6 Å². The van der Waals surface area contributed by atoms with E-state index >= 15 is 0 Å². The molecule has 0 aromatic rings. The van der Waals surface area contributed by atoms with Crippen molar-refractivity contribution in [3.63, 3.8) is 0 Å². The largest absolute Gasteiger partial charge is 0.503 e. The first kappa shape index (κ1) is 18.1. The monoisotopic (exact) mass is 242 g/mol. The van der Waals surface area contributed by atoms with Crippen molar-refractivity contribution >= 4 is 27.9 Å². The van der Waals surface area contributed by atoms with E-state index in [0.29, 0.717) is 0 Å². The maximum Gasteiger partial charge on any atom is 0.503 e. The van der Waals surface area contributed by atoms with E-state index in [-0.39, 0.29) is 0 Å². The Kier molecular flexibility index (Phi) is 12.9. The molecule has 6 N–H and O–H groups in total. The van der Waals surface area contributed by atoms with Gasteiger partial charge in [-0.1, -0.05) is 0 Å². The molecule has 0 aromatic heterocycles. The van der Waals surface area contributed by atoms with Gasteiger partial charge in [0.2, 0.25) is 0 Å². The lowest BCUT2D eigenvalue weighted by molar-refractivity contribution is 0.137. The molecule has 0 spiro atoms. The summed E-state index contributed by atoms with van der Waals surface area (Å²) in [5.74, 6) is 0. The van der Waals surface area contributed by atoms with E-state index in [2.05, 4.69) is 0 Å². The van der Waals surface area contributed by atoms with Crippen LogP contribution in [0, 0.1) is 0 Å². The third kappa shape index (κ3) is 1520. The summed E-state index contributed by atoms with van der Waals surface area (Å²) in [6.45, 7) is 0. The third-order valence-corrected chi connectivity index (χ3v) is 0. The molecule has 0 aliphatic rings. The van der Waals surface area contributed by atoms with Crippen LogP contribution in [0.1, 0.15) is 0 Å². The number of rotatable bonds is 0. The van der Waals surface area contributed by atoms with Crippen LogP contribution in [-0.2, 0) is 21.8 Å². The highest BCUT2D eigenvalue weighted by atomic mass is 32.3. The number of carboxylic acid groups (broad SMARTS) is 2. The van der Waals surface area contributed by atoms with E-state index in [4.69, 9.17) is 45.8 Å². The fourth-order valence-corrected chi connectivity index (χ4v) is 0. The molecule has 0 aromatic carbocycles. The first-order valence-corrected chi connectivity index (χ1v) is 4.34. The van der Waals surface area contributed by atoms with E-state index in [1.807, 2.05) is 0 Å². The minimum absolute atomic E-state index is 1.83. The zero-order valence-electron chi connectivity index (χ0n) is 5.63. The second kappa shape index (κ2) is 9.30. The molecular formula is CH6O10S2. The van der Waals surface area contributed by atoms with Crippen molar-refractivity contribution in [3.8, 4) is 0 Å². The summed E-state index contributed by atoms with van der Waals surface area (Å²) in [6.07, 6.45) is -1.83. The molecule has 0 aliphatic carbocycles. The average molecular weight is 242 g/mol. The van der Waals surface area contributed by atoms with Crippen molar-refractivity contribution in [3.05, 3.63) is 0 Å². The van der Waals surface area contributed by atoms with Gasteiger partial charge in [-0.25, -0.2) is 4.79 Å². The number of hydrogen-bond acceptors (Lipinski definition) is 4. The molecule has 0 rings (SSSR count). The van der Waals surface area contributed by atoms with Crippen LogP contribution in [0.2, 0.25) is 0 Å². The first-order valence-electron chi connectivity index (χ1n) is 1.88. The molecule has 0 amide bonds. The average Bonchev–Trinajstić information content (AvgIpc) is 1.50. The normalized spacial score (nSPS) is 9.00. The van der Waals surface area contributed by atoms with Crippen molar-refractivity contribution in [1.82, 2.24) is 0 Å². The minimum atomic E-state index is -4.67. The molecule has 0 atom stereocenters. The summed E-state index contributed by atoms with van der Waals surface area (Å²) < 4.78 is 54.4. The second-order valence-corrected chi connectivity index (χ2v) is 2.32. The number of hydrogen-bond donors (Lipinski definition) is 6. The summed E-state index contributed by atoms with van der Waals surface area (Å²) in [4.78, 5) is 8.56. The maximum atomic E-state index is 8.74. The molecule has 0 fully saturated rings. The molecular weight excluding hydrogens is 236 g/mol. The lowest BCUT2D eigenvalue weighted by Crippen LogP contribution is -1.89. The lowest BCUT2D eigenvalue weighted by atomic mass is 11.5. The van der Waals surface area contributed by atoms with Gasteiger partial charge in [0.05, 0.1) is 0 Å². The van der Waals surface area contributed by atoms with Gasteiger partial charge in [0.1, 0.15) is 0 Å². The summed E-state index contributed by atoms with van der Waals surface area (Å²) in [5, 5.41) is 13.9. The molecule has 82 valence electrons. The van der Waals surface area contributed by atoms with Gasteiger partial charge < -0.3 is 10.2 Å². The van der Waals surface area contributed by atoms with Gasteiger partial charge in [0.25, 0.3) is 11.4 Å². The van der Waals surface area contributed by atoms with E-state index in [1.165, 1.54) is 0 Å². The number of carbonyl (C=O) groups is 1. The Labute approximate surface area is 74.5 Å². The SMILES string of the molecule is O=C(O)O.O=S(=O)(O)O.O=S(O)O. The molecule has 13 heavy (non-hydrogen) atoms. The lowest BCUT2D eigenvalue weighted by Gasteiger charge is -1.68. The van der Waals surface area contributed by atoms with Crippen molar-refractivity contribution in [2.45, 2.75) is 0 Å². The van der Waals surface area contributed by atoms with E-state index in [1.54, 1.807) is 0 Å². The van der Waals surface area contributed by atoms with Crippen molar-refractivity contribution in [2.24, 2.45) is 0 Å². The first-order chi connectivity index (χ1) is 5.46. The summed E-state index contributed by atoms with van der Waals surface area (Å²) >= 11 is -2.61.